The van der Waals surface area contributed by atoms with Crippen LogP contribution in [0.4, 0.5) is 0 Å². The van der Waals surface area contributed by atoms with Crippen molar-refractivity contribution in [2.75, 3.05) is 27.2 Å². The number of guanidine groups is 1. The molecular formula is C11H27N5. The largest absolute Gasteiger partial charge is 0.355 e. The van der Waals surface area contributed by atoms with Gasteiger partial charge in [-0.15, -0.1) is 0 Å². The number of nitrogens with two attached hydrogens (primary N) is 1. The van der Waals surface area contributed by atoms with E-state index in [0.717, 1.165) is 6.54 Å². The van der Waals surface area contributed by atoms with E-state index in [-0.39, 0.29) is 5.54 Å². The van der Waals surface area contributed by atoms with Gasteiger partial charge in [0, 0.05) is 12.1 Å². The van der Waals surface area contributed by atoms with Gasteiger partial charge in [0.25, 0.3) is 0 Å². The normalized spacial score (nSPS) is 13.4. The van der Waals surface area contributed by atoms with Crippen LogP contribution < -0.4 is 16.6 Å². The first-order valence-electron chi connectivity index (χ1n) is 5.72. The number of nitrogens with zero attached hydrogens (tertiary/aromatic N) is 2. The van der Waals surface area contributed by atoms with E-state index >= 15 is 0 Å². The maximum absolute atomic E-state index is 5.41. The fourth-order valence-electron chi connectivity index (χ4n) is 0.867. The first kappa shape index (κ1) is 15.2. The summed E-state index contributed by atoms with van der Waals surface area (Å²) in [5, 5.41) is 3.18. The Kier molecular flexibility index (Phi) is 6.36. The Bertz CT molecular complexity index is 220. The molecule has 4 N–H and O–H groups in total. The Hall–Kier alpha value is -0.810. The van der Waals surface area contributed by atoms with E-state index in [2.05, 4.69) is 48.3 Å². The molecule has 5 heteroatoms. The quantitative estimate of drug-likeness (QED) is 0.276. The monoisotopic (exact) mass is 229 g/mol. The predicted molar refractivity (Wildman–Crippen MR) is 70.2 cm³/mol. The third-order valence-electron chi connectivity index (χ3n) is 2.65. The summed E-state index contributed by atoms with van der Waals surface area (Å²) in [4.78, 5) is 6.58. The van der Waals surface area contributed by atoms with Gasteiger partial charge in [-0.25, -0.2) is 5.84 Å². The molecule has 0 aliphatic rings. The van der Waals surface area contributed by atoms with E-state index in [1.807, 2.05) is 14.1 Å². The Labute approximate surface area is 99.5 Å². The molecule has 0 bridgehead atoms. The Balaban J connectivity index is 4.26. The van der Waals surface area contributed by atoms with Gasteiger partial charge in [-0.1, -0.05) is 13.8 Å². The number of hydrogen-bond acceptors (Lipinski definition) is 3. The third kappa shape index (κ3) is 5.92. The first-order chi connectivity index (χ1) is 7.29. The first-order valence-corrected chi connectivity index (χ1v) is 5.72. The molecule has 0 heterocycles. The molecule has 16 heavy (non-hydrogen) atoms. The minimum absolute atomic E-state index is 0.0294. The summed E-state index contributed by atoms with van der Waals surface area (Å²) in [6.45, 7) is 10.1. The van der Waals surface area contributed by atoms with Crippen molar-refractivity contribution in [3.05, 3.63) is 0 Å². The van der Waals surface area contributed by atoms with Gasteiger partial charge in [-0.3, -0.25) is 10.4 Å². The average molecular weight is 229 g/mol. The summed E-state index contributed by atoms with van der Waals surface area (Å²) < 4.78 is 0. The second kappa shape index (κ2) is 6.70. The van der Waals surface area contributed by atoms with Crippen molar-refractivity contribution >= 4 is 5.96 Å². The van der Waals surface area contributed by atoms with Crippen LogP contribution in [0, 0.1) is 5.92 Å². The molecule has 0 atom stereocenters. The van der Waals surface area contributed by atoms with Gasteiger partial charge in [0.05, 0.1) is 6.54 Å². The second-order valence-electron chi connectivity index (χ2n) is 5.29. The molecule has 0 aromatic heterocycles. The van der Waals surface area contributed by atoms with Gasteiger partial charge in [-0.2, -0.15) is 0 Å². The molecule has 0 aromatic carbocycles. The summed E-state index contributed by atoms with van der Waals surface area (Å²) in [5.74, 6) is 6.63. The van der Waals surface area contributed by atoms with Crippen molar-refractivity contribution in [3.63, 3.8) is 0 Å². The maximum Gasteiger partial charge on any atom is 0.205 e. The van der Waals surface area contributed by atoms with Crippen LogP contribution in [0.15, 0.2) is 4.99 Å². The average Bonchev–Trinajstić information content (AvgIpc) is 2.17. The highest BCUT2D eigenvalue weighted by Gasteiger charge is 2.19. The fraction of sp³-hybridized carbons (Fsp3) is 0.909. The third-order valence-corrected chi connectivity index (χ3v) is 2.65. The number of rotatable bonds is 5. The lowest BCUT2D eigenvalue weighted by atomic mass is 10.1. The van der Waals surface area contributed by atoms with Crippen molar-refractivity contribution < 1.29 is 0 Å². The second-order valence-corrected chi connectivity index (χ2v) is 5.29. The zero-order valence-electron chi connectivity index (χ0n) is 11.5. The molecule has 0 fully saturated rings. The summed E-state index contributed by atoms with van der Waals surface area (Å²) in [7, 11) is 4.10. The van der Waals surface area contributed by atoms with Crippen molar-refractivity contribution in [3.8, 4) is 0 Å². The van der Waals surface area contributed by atoms with Gasteiger partial charge in [0.2, 0.25) is 5.96 Å². The summed E-state index contributed by atoms with van der Waals surface area (Å²) in [5.41, 5.74) is 2.62. The molecule has 96 valence electrons. The fourth-order valence-corrected chi connectivity index (χ4v) is 0.867. The van der Waals surface area contributed by atoms with E-state index in [1.54, 1.807) is 0 Å². The lowest BCUT2D eigenvalue weighted by molar-refractivity contribution is 0.204. The summed E-state index contributed by atoms with van der Waals surface area (Å²) >= 11 is 0. The van der Waals surface area contributed by atoms with Crippen LogP contribution in [-0.4, -0.2) is 43.6 Å². The van der Waals surface area contributed by atoms with Crippen molar-refractivity contribution in [2.24, 2.45) is 16.8 Å². The van der Waals surface area contributed by atoms with Crippen LogP contribution in [0.2, 0.25) is 0 Å². The predicted octanol–water partition coefficient (Wildman–Crippen LogP) is 0.392. The van der Waals surface area contributed by atoms with Crippen LogP contribution in [0.25, 0.3) is 0 Å². The highest BCUT2D eigenvalue weighted by Crippen LogP contribution is 2.09. The molecule has 0 amide bonds. The van der Waals surface area contributed by atoms with Crippen LogP contribution >= 0.6 is 0 Å². The van der Waals surface area contributed by atoms with Crippen LogP contribution in [-0.2, 0) is 0 Å². The molecule has 0 radical (unpaired) electrons. The number of hydrazine groups is 1. The van der Waals surface area contributed by atoms with Crippen molar-refractivity contribution in [1.82, 2.24) is 15.6 Å². The van der Waals surface area contributed by atoms with E-state index in [9.17, 15) is 0 Å². The van der Waals surface area contributed by atoms with E-state index in [1.165, 1.54) is 0 Å². The van der Waals surface area contributed by atoms with Gasteiger partial charge in [0.15, 0.2) is 0 Å². The highest BCUT2D eigenvalue weighted by molar-refractivity contribution is 5.79. The van der Waals surface area contributed by atoms with Gasteiger partial charge < -0.3 is 10.2 Å². The molecule has 0 unspecified atom stereocenters. The number of hydrogen-bond donors (Lipinski definition) is 3. The standard InChI is InChI=1S/C11H27N5/c1-9(2)7-13-10(15-12)14-8-11(3,4)16(5)6/h9H,7-8,12H2,1-6H3,(H2,13,14,15). The minimum atomic E-state index is 0.0294. The molecule has 0 saturated carbocycles. The van der Waals surface area contributed by atoms with Gasteiger partial charge in [0.1, 0.15) is 0 Å². The molecule has 0 aliphatic heterocycles. The smallest absolute Gasteiger partial charge is 0.205 e. The number of aliphatic imine (C=N–C) groups is 1. The van der Waals surface area contributed by atoms with Crippen LogP contribution in [0.3, 0.4) is 0 Å². The van der Waals surface area contributed by atoms with Crippen LogP contribution in [0.1, 0.15) is 27.7 Å². The van der Waals surface area contributed by atoms with Gasteiger partial charge >= 0.3 is 0 Å². The van der Waals surface area contributed by atoms with Crippen LogP contribution in [0.5, 0.6) is 0 Å². The molecule has 0 aliphatic carbocycles. The Morgan fingerprint density at radius 1 is 1.38 bits per heavy atom. The number of likely N-dealkylation sites (N-methyl/N-ethyl adjacent to an activating group) is 1. The minimum Gasteiger partial charge on any atom is -0.355 e. The Morgan fingerprint density at radius 3 is 2.31 bits per heavy atom. The SMILES string of the molecule is CC(C)CNC(=NCC(C)(C)N(C)C)NN. The van der Waals surface area contributed by atoms with Crippen molar-refractivity contribution in [2.45, 2.75) is 33.2 Å². The van der Waals surface area contributed by atoms with Gasteiger partial charge in [-0.05, 0) is 33.9 Å². The molecule has 0 spiro atoms. The molecule has 0 aromatic rings. The molecule has 0 saturated heterocycles. The lowest BCUT2D eigenvalue weighted by Crippen LogP contribution is -2.46. The topological polar surface area (TPSA) is 65.7 Å². The van der Waals surface area contributed by atoms with E-state index in [0.29, 0.717) is 18.4 Å². The molecule has 0 rings (SSSR count). The highest BCUT2D eigenvalue weighted by atomic mass is 15.3. The Morgan fingerprint density at radius 2 is 1.94 bits per heavy atom. The maximum atomic E-state index is 5.41. The number of nitrogens with one attached hydrogen (secondary N) is 2. The molecular weight excluding hydrogens is 202 g/mol. The zero-order chi connectivity index (χ0) is 12.8. The zero-order valence-corrected chi connectivity index (χ0v) is 11.5. The molecule has 5 nitrogen and oxygen atoms in total. The summed E-state index contributed by atoms with van der Waals surface area (Å²) in [6, 6.07) is 0. The van der Waals surface area contributed by atoms with E-state index in [4.69, 9.17) is 5.84 Å². The van der Waals surface area contributed by atoms with Crippen molar-refractivity contribution in [1.29, 1.82) is 0 Å². The lowest BCUT2D eigenvalue weighted by Gasteiger charge is -2.31. The summed E-state index contributed by atoms with van der Waals surface area (Å²) in [6.07, 6.45) is 0. The van der Waals surface area contributed by atoms with E-state index < -0.39 is 0 Å².